The molecule has 0 spiro atoms. The molecule has 0 unspecified atom stereocenters. The Morgan fingerprint density at radius 2 is 1.08 bits per heavy atom. The van der Waals surface area contributed by atoms with E-state index < -0.39 is 0 Å². The summed E-state index contributed by atoms with van der Waals surface area (Å²) in [6.07, 6.45) is 0. The van der Waals surface area contributed by atoms with Gasteiger partial charge in [-0.05, 0) is 13.8 Å². The molecule has 0 atom stereocenters. The summed E-state index contributed by atoms with van der Waals surface area (Å²) >= 11 is 0. The SMILES string of the molecule is C1OCO1.Cc1ccc(C)cc1. The molecule has 0 bridgehead atoms. The van der Waals surface area contributed by atoms with Gasteiger partial charge in [0.05, 0.1) is 0 Å². The van der Waals surface area contributed by atoms with E-state index in [-0.39, 0.29) is 0 Å². The van der Waals surface area contributed by atoms with Gasteiger partial charge >= 0.3 is 0 Å². The first-order chi connectivity index (χ1) is 5.79. The number of rotatable bonds is 0. The van der Waals surface area contributed by atoms with E-state index in [0.717, 1.165) is 0 Å². The van der Waals surface area contributed by atoms with Crippen LogP contribution >= 0.6 is 0 Å². The van der Waals surface area contributed by atoms with Crippen molar-refractivity contribution >= 4 is 0 Å². The predicted molar refractivity (Wildman–Crippen MR) is 47.8 cm³/mol. The molecular weight excluding hydrogens is 152 g/mol. The largest absolute Gasteiger partial charge is 0.329 e. The molecule has 0 amide bonds. The van der Waals surface area contributed by atoms with Crippen LogP contribution in [0.25, 0.3) is 0 Å². The molecular formula is C10H14O2. The van der Waals surface area contributed by atoms with Crippen LogP contribution in [0.4, 0.5) is 0 Å². The van der Waals surface area contributed by atoms with E-state index in [9.17, 15) is 0 Å². The maximum absolute atomic E-state index is 4.50. The second-order valence-corrected chi connectivity index (χ2v) is 2.80. The monoisotopic (exact) mass is 166 g/mol. The molecule has 1 aromatic rings. The van der Waals surface area contributed by atoms with Gasteiger partial charge in [0.2, 0.25) is 0 Å². The normalized spacial score (nSPS) is 14.2. The lowest BCUT2D eigenvalue weighted by Crippen LogP contribution is -2.14. The van der Waals surface area contributed by atoms with Crippen LogP contribution in [0.5, 0.6) is 0 Å². The molecule has 1 saturated heterocycles. The van der Waals surface area contributed by atoms with Gasteiger partial charge in [-0.3, -0.25) is 0 Å². The van der Waals surface area contributed by atoms with Gasteiger partial charge in [-0.15, -0.1) is 0 Å². The van der Waals surface area contributed by atoms with E-state index in [2.05, 4.69) is 47.6 Å². The van der Waals surface area contributed by atoms with Crippen LogP contribution in [-0.4, -0.2) is 13.6 Å². The predicted octanol–water partition coefficient (Wildman–Crippen LogP) is 2.25. The molecule has 1 aliphatic rings. The molecule has 1 fully saturated rings. The quantitative estimate of drug-likeness (QED) is 0.588. The van der Waals surface area contributed by atoms with Gasteiger partial charge in [0.25, 0.3) is 0 Å². The van der Waals surface area contributed by atoms with Crippen molar-refractivity contribution in [1.29, 1.82) is 0 Å². The van der Waals surface area contributed by atoms with Crippen LogP contribution in [0.1, 0.15) is 11.1 Å². The zero-order valence-corrected chi connectivity index (χ0v) is 7.54. The van der Waals surface area contributed by atoms with Gasteiger partial charge in [-0.2, -0.15) is 0 Å². The standard InChI is InChI=1S/C8H10.C2H4O2/c1-7-3-5-8(2)6-4-7;1-3-2-4-1/h3-6H,1-2H3;1-2H2. The van der Waals surface area contributed by atoms with Crippen molar-refractivity contribution in [3.05, 3.63) is 35.4 Å². The molecule has 2 rings (SSSR count). The van der Waals surface area contributed by atoms with Crippen molar-refractivity contribution in [1.82, 2.24) is 0 Å². The fourth-order valence-corrected chi connectivity index (χ4v) is 0.720. The molecule has 0 radical (unpaired) electrons. The van der Waals surface area contributed by atoms with Crippen LogP contribution < -0.4 is 0 Å². The number of hydrogen-bond acceptors (Lipinski definition) is 2. The van der Waals surface area contributed by atoms with Crippen LogP contribution in [0.3, 0.4) is 0 Å². The van der Waals surface area contributed by atoms with Gasteiger partial charge in [0.1, 0.15) is 0 Å². The first-order valence-corrected chi connectivity index (χ1v) is 3.98. The minimum Gasteiger partial charge on any atom is -0.329 e. The van der Waals surface area contributed by atoms with Gasteiger partial charge < -0.3 is 9.47 Å². The Bertz CT molecular complexity index is 187. The molecule has 66 valence electrons. The molecule has 1 aliphatic heterocycles. The lowest BCUT2D eigenvalue weighted by atomic mass is 10.2. The summed E-state index contributed by atoms with van der Waals surface area (Å²) in [5.74, 6) is 0. The average Bonchev–Trinajstić information content (AvgIpc) is 1.92. The van der Waals surface area contributed by atoms with E-state index in [1.54, 1.807) is 0 Å². The summed E-state index contributed by atoms with van der Waals surface area (Å²) in [5.41, 5.74) is 2.66. The van der Waals surface area contributed by atoms with Crippen molar-refractivity contribution in [2.75, 3.05) is 13.6 Å². The third kappa shape index (κ3) is 3.51. The van der Waals surface area contributed by atoms with Gasteiger partial charge in [0.15, 0.2) is 13.6 Å². The Kier molecular flexibility index (Phi) is 3.77. The highest BCUT2D eigenvalue weighted by Crippen LogP contribution is 1.99. The van der Waals surface area contributed by atoms with Crippen molar-refractivity contribution < 1.29 is 9.47 Å². The Balaban J connectivity index is 0.000000150. The number of hydrogen-bond donors (Lipinski definition) is 0. The Labute approximate surface area is 73.1 Å². The van der Waals surface area contributed by atoms with Gasteiger partial charge in [0, 0.05) is 0 Å². The van der Waals surface area contributed by atoms with Crippen molar-refractivity contribution in [3.63, 3.8) is 0 Å². The van der Waals surface area contributed by atoms with Crippen LogP contribution in [0.15, 0.2) is 24.3 Å². The summed E-state index contributed by atoms with van der Waals surface area (Å²) in [6.45, 7) is 5.19. The van der Waals surface area contributed by atoms with Crippen LogP contribution in [0.2, 0.25) is 0 Å². The second-order valence-electron chi connectivity index (χ2n) is 2.80. The summed E-state index contributed by atoms with van der Waals surface area (Å²) in [7, 11) is 0. The minimum atomic E-state index is 0.500. The molecule has 0 saturated carbocycles. The molecule has 12 heavy (non-hydrogen) atoms. The van der Waals surface area contributed by atoms with Crippen LogP contribution in [-0.2, 0) is 9.47 Å². The number of benzene rings is 1. The lowest BCUT2D eigenvalue weighted by molar-refractivity contribution is -0.247. The van der Waals surface area contributed by atoms with E-state index in [1.165, 1.54) is 11.1 Å². The summed E-state index contributed by atoms with van der Waals surface area (Å²) < 4.78 is 9.00. The second kappa shape index (κ2) is 4.91. The Morgan fingerprint density at radius 1 is 0.833 bits per heavy atom. The van der Waals surface area contributed by atoms with Crippen molar-refractivity contribution in [3.8, 4) is 0 Å². The van der Waals surface area contributed by atoms with E-state index in [4.69, 9.17) is 0 Å². The fraction of sp³-hybridized carbons (Fsp3) is 0.400. The molecule has 1 heterocycles. The minimum absolute atomic E-state index is 0.500. The topological polar surface area (TPSA) is 18.5 Å². The molecule has 0 N–H and O–H groups in total. The fourth-order valence-electron chi connectivity index (χ4n) is 0.720. The first kappa shape index (κ1) is 9.23. The van der Waals surface area contributed by atoms with E-state index in [1.807, 2.05) is 0 Å². The smallest absolute Gasteiger partial charge is 0.152 e. The highest BCUT2D eigenvalue weighted by Gasteiger charge is 1.93. The maximum Gasteiger partial charge on any atom is 0.152 e. The lowest BCUT2D eigenvalue weighted by Gasteiger charge is -2.10. The Morgan fingerprint density at radius 3 is 1.25 bits per heavy atom. The third-order valence-corrected chi connectivity index (χ3v) is 1.55. The zero-order chi connectivity index (χ0) is 8.81. The maximum atomic E-state index is 4.50. The zero-order valence-electron chi connectivity index (χ0n) is 7.54. The van der Waals surface area contributed by atoms with Crippen molar-refractivity contribution in [2.45, 2.75) is 13.8 Å². The number of ether oxygens (including phenoxy) is 2. The van der Waals surface area contributed by atoms with Gasteiger partial charge in [-0.1, -0.05) is 35.4 Å². The third-order valence-electron chi connectivity index (χ3n) is 1.55. The van der Waals surface area contributed by atoms with Gasteiger partial charge in [-0.25, -0.2) is 0 Å². The molecule has 1 aromatic carbocycles. The highest BCUT2D eigenvalue weighted by atomic mass is 16.8. The van der Waals surface area contributed by atoms with Crippen LogP contribution in [0, 0.1) is 13.8 Å². The number of aryl methyl sites for hydroxylation is 2. The molecule has 0 aliphatic carbocycles. The van der Waals surface area contributed by atoms with Crippen molar-refractivity contribution in [2.24, 2.45) is 0 Å². The Hall–Kier alpha value is -0.860. The molecule has 2 nitrogen and oxygen atoms in total. The summed E-state index contributed by atoms with van der Waals surface area (Å²) in [6, 6.07) is 8.48. The molecule has 2 heteroatoms. The molecule has 0 aromatic heterocycles. The van der Waals surface area contributed by atoms with E-state index in [0.29, 0.717) is 13.6 Å². The first-order valence-electron chi connectivity index (χ1n) is 3.98. The average molecular weight is 166 g/mol. The van der Waals surface area contributed by atoms with E-state index >= 15 is 0 Å². The summed E-state index contributed by atoms with van der Waals surface area (Å²) in [4.78, 5) is 0. The highest BCUT2D eigenvalue weighted by molar-refractivity contribution is 5.19. The summed E-state index contributed by atoms with van der Waals surface area (Å²) in [5, 5.41) is 0.